The van der Waals surface area contributed by atoms with Crippen LogP contribution in [0.2, 0.25) is 0 Å². The molecule has 0 spiro atoms. The minimum atomic E-state index is -0.536. The van der Waals surface area contributed by atoms with Crippen LogP contribution in [-0.4, -0.2) is 29.8 Å². The van der Waals surface area contributed by atoms with Gasteiger partial charge in [-0.05, 0) is 12.5 Å². The van der Waals surface area contributed by atoms with Crippen molar-refractivity contribution in [3.63, 3.8) is 0 Å². The summed E-state index contributed by atoms with van der Waals surface area (Å²) in [5.41, 5.74) is 6.47. The van der Waals surface area contributed by atoms with E-state index in [0.717, 1.165) is 11.4 Å². The van der Waals surface area contributed by atoms with Crippen molar-refractivity contribution in [3.8, 4) is 0 Å². The lowest BCUT2D eigenvalue weighted by Gasteiger charge is -2.28. The zero-order valence-corrected chi connectivity index (χ0v) is 9.63. The highest BCUT2D eigenvalue weighted by molar-refractivity contribution is 6.09. The number of oxime groups is 1. The number of rotatable bonds is 1. The summed E-state index contributed by atoms with van der Waals surface area (Å²) in [5.74, 6) is 1.28. The van der Waals surface area contributed by atoms with Crippen LogP contribution in [0.1, 0.15) is 12.5 Å². The van der Waals surface area contributed by atoms with Gasteiger partial charge in [0.25, 0.3) is 0 Å². The van der Waals surface area contributed by atoms with Crippen LogP contribution in [0, 0.1) is 0 Å². The van der Waals surface area contributed by atoms with Crippen LogP contribution in [-0.2, 0) is 10.4 Å². The monoisotopic (exact) mass is 230 g/mol. The number of nitrogens with two attached hydrogens (primary N) is 1. The molecule has 0 fully saturated rings. The Bertz CT molecular complexity index is 496. The molecule has 2 N–H and O–H groups in total. The SMILES string of the molecule is CC1(c2ccccc2)N=C(N)N2CCON=C21. The number of aliphatic imine (C=N–C) groups is 1. The lowest BCUT2D eigenvalue weighted by atomic mass is 9.92. The van der Waals surface area contributed by atoms with Crippen molar-refractivity contribution >= 4 is 11.8 Å². The number of nitrogens with zero attached hydrogens (tertiary/aromatic N) is 3. The Hall–Kier alpha value is -2.04. The molecule has 5 nitrogen and oxygen atoms in total. The Morgan fingerprint density at radius 1 is 1.35 bits per heavy atom. The molecular weight excluding hydrogens is 216 g/mol. The summed E-state index contributed by atoms with van der Waals surface area (Å²) in [6.07, 6.45) is 0. The van der Waals surface area contributed by atoms with E-state index in [1.54, 1.807) is 0 Å². The van der Waals surface area contributed by atoms with E-state index in [4.69, 9.17) is 10.6 Å². The van der Waals surface area contributed by atoms with Crippen molar-refractivity contribution < 1.29 is 4.84 Å². The summed E-state index contributed by atoms with van der Waals surface area (Å²) in [5, 5.41) is 4.12. The van der Waals surface area contributed by atoms with Gasteiger partial charge < -0.3 is 10.6 Å². The van der Waals surface area contributed by atoms with E-state index in [1.807, 2.05) is 42.2 Å². The lowest BCUT2D eigenvalue weighted by molar-refractivity contribution is 0.115. The van der Waals surface area contributed by atoms with E-state index < -0.39 is 5.54 Å². The number of amidine groups is 1. The highest BCUT2D eigenvalue weighted by Crippen LogP contribution is 2.34. The normalized spacial score (nSPS) is 27.0. The molecule has 0 radical (unpaired) electrons. The maximum Gasteiger partial charge on any atom is 0.198 e. The van der Waals surface area contributed by atoms with E-state index in [-0.39, 0.29) is 0 Å². The van der Waals surface area contributed by atoms with E-state index >= 15 is 0 Å². The Balaban J connectivity index is 2.11. The summed E-state index contributed by atoms with van der Waals surface area (Å²) < 4.78 is 0. The average Bonchev–Trinajstić information content (AvgIpc) is 2.65. The van der Waals surface area contributed by atoms with Crippen LogP contribution in [0.3, 0.4) is 0 Å². The fourth-order valence-electron chi connectivity index (χ4n) is 2.26. The van der Waals surface area contributed by atoms with Crippen molar-refractivity contribution in [2.24, 2.45) is 15.9 Å². The van der Waals surface area contributed by atoms with Crippen LogP contribution in [0.4, 0.5) is 0 Å². The molecule has 3 rings (SSSR count). The van der Waals surface area contributed by atoms with Gasteiger partial charge in [0.05, 0.1) is 6.54 Å². The molecule has 1 aromatic carbocycles. The van der Waals surface area contributed by atoms with Crippen molar-refractivity contribution in [3.05, 3.63) is 35.9 Å². The van der Waals surface area contributed by atoms with E-state index in [0.29, 0.717) is 19.1 Å². The fraction of sp³-hybridized carbons (Fsp3) is 0.333. The Morgan fingerprint density at radius 3 is 2.88 bits per heavy atom. The number of hydrogen-bond donors (Lipinski definition) is 1. The zero-order valence-electron chi connectivity index (χ0n) is 9.63. The first-order chi connectivity index (χ1) is 8.22. The second-order valence-electron chi connectivity index (χ2n) is 4.31. The molecule has 0 saturated carbocycles. The Kier molecular flexibility index (Phi) is 2.07. The number of benzene rings is 1. The molecule has 88 valence electrons. The van der Waals surface area contributed by atoms with E-state index in [2.05, 4.69) is 10.1 Å². The zero-order chi connectivity index (χ0) is 11.9. The lowest BCUT2D eigenvalue weighted by Crippen LogP contribution is -2.46. The van der Waals surface area contributed by atoms with Crippen molar-refractivity contribution in [1.82, 2.24) is 4.90 Å². The molecule has 5 heteroatoms. The highest BCUT2D eigenvalue weighted by atomic mass is 16.6. The number of hydrogen-bond acceptors (Lipinski definition) is 5. The summed E-state index contributed by atoms with van der Waals surface area (Å²) >= 11 is 0. The summed E-state index contributed by atoms with van der Waals surface area (Å²) in [7, 11) is 0. The van der Waals surface area contributed by atoms with Crippen LogP contribution in [0.5, 0.6) is 0 Å². The van der Waals surface area contributed by atoms with Gasteiger partial charge in [0.15, 0.2) is 11.8 Å². The maximum absolute atomic E-state index is 5.94. The predicted molar refractivity (Wildman–Crippen MR) is 65.5 cm³/mol. The Labute approximate surface area is 99.6 Å². The van der Waals surface area contributed by atoms with Gasteiger partial charge in [0, 0.05) is 0 Å². The fourth-order valence-corrected chi connectivity index (χ4v) is 2.26. The molecule has 2 aliphatic rings. The van der Waals surface area contributed by atoms with Gasteiger partial charge in [0.2, 0.25) is 0 Å². The van der Waals surface area contributed by atoms with Gasteiger partial charge in [-0.15, -0.1) is 0 Å². The largest absolute Gasteiger partial charge is 0.392 e. The standard InChI is InChI=1S/C12H14N4O/c1-12(9-5-3-2-4-6-9)10-15-17-8-7-16(10)11(13)14-12/h2-6H,7-8H2,1H3,(H2,13,14). The highest BCUT2D eigenvalue weighted by Gasteiger charge is 2.44. The van der Waals surface area contributed by atoms with E-state index in [1.165, 1.54) is 0 Å². The molecule has 1 aromatic rings. The van der Waals surface area contributed by atoms with Gasteiger partial charge in [0.1, 0.15) is 12.1 Å². The number of fused-ring (bicyclic) bond motifs is 1. The van der Waals surface area contributed by atoms with Crippen molar-refractivity contribution in [2.45, 2.75) is 12.5 Å². The Morgan fingerprint density at radius 2 is 2.12 bits per heavy atom. The van der Waals surface area contributed by atoms with E-state index in [9.17, 15) is 0 Å². The number of guanidine groups is 1. The third-order valence-electron chi connectivity index (χ3n) is 3.20. The molecule has 0 aromatic heterocycles. The van der Waals surface area contributed by atoms with Gasteiger partial charge >= 0.3 is 0 Å². The second kappa shape index (κ2) is 3.48. The first kappa shape index (κ1) is 10.1. The van der Waals surface area contributed by atoms with Crippen LogP contribution >= 0.6 is 0 Å². The second-order valence-corrected chi connectivity index (χ2v) is 4.31. The van der Waals surface area contributed by atoms with Crippen LogP contribution in [0.25, 0.3) is 0 Å². The molecule has 0 amide bonds. The minimum Gasteiger partial charge on any atom is -0.392 e. The molecule has 0 saturated heterocycles. The minimum absolute atomic E-state index is 0.512. The topological polar surface area (TPSA) is 63.2 Å². The maximum atomic E-state index is 5.94. The van der Waals surface area contributed by atoms with Gasteiger partial charge in [-0.25, -0.2) is 4.99 Å². The third kappa shape index (κ3) is 1.39. The molecule has 0 bridgehead atoms. The third-order valence-corrected chi connectivity index (χ3v) is 3.20. The predicted octanol–water partition coefficient (Wildman–Crippen LogP) is 0.876. The van der Waals surface area contributed by atoms with Crippen molar-refractivity contribution in [1.29, 1.82) is 0 Å². The summed E-state index contributed by atoms with van der Waals surface area (Å²) in [4.78, 5) is 11.6. The van der Waals surface area contributed by atoms with Crippen LogP contribution in [0.15, 0.2) is 40.5 Å². The molecule has 1 atom stereocenters. The van der Waals surface area contributed by atoms with Crippen molar-refractivity contribution in [2.75, 3.05) is 13.2 Å². The summed E-state index contributed by atoms with van der Waals surface area (Å²) in [6, 6.07) is 10.00. The summed E-state index contributed by atoms with van der Waals surface area (Å²) in [6.45, 7) is 3.25. The smallest absolute Gasteiger partial charge is 0.198 e. The molecular formula is C12H14N4O. The van der Waals surface area contributed by atoms with Gasteiger partial charge in [-0.3, -0.25) is 4.90 Å². The molecule has 17 heavy (non-hydrogen) atoms. The quantitative estimate of drug-likeness (QED) is 0.778. The van der Waals surface area contributed by atoms with Gasteiger partial charge in [-0.1, -0.05) is 35.5 Å². The average molecular weight is 230 g/mol. The van der Waals surface area contributed by atoms with Crippen LogP contribution < -0.4 is 5.73 Å². The molecule has 2 heterocycles. The first-order valence-corrected chi connectivity index (χ1v) is 5.60. The molecule has 2 aliphatic heterocycles. The van der Waals surface area contributed by atoms with Gasteiger partial charge in [-0.2, -0.15) is 0 Å². The molecule has 1 unspecified atom stereocenters. The first-order valence-electron chi connectivity index (χ1n) is 5.60. The molecule has 0 aliphatic carbocycles.